The highest BCUT2D eigenvalue weighted by molar-refractivity contribution is 5.22. The van der Waals surface area contributed by atoms with E-state index in [9.17, 15) is 0 Å². The Balaban J connectivity index is 0.000000317. The Labute approximate surface area is 109 Å². The molecule has 0 heteroatoms. The van der Waals surface area contributed by atoms with Gasteiger partial charge in [-0.1, -0.05) is 51.2 Å². The second kappa shape index (κ2) is 8.78. The first-order chi connectivity index (χ1) is 8.33. The van der Waals surface area contributed by atoms with Gasteiger partial charge in [0, 0.05) is 0 Å². The zero-order valence-electron chi connectivity index (χ0n) is 12.4. The quantitative estimate of drug-likeness (QED) is 0.507. The first kappa shape index (κ1) is 14.8. The SMILES string of the molecule is CCCC.CCCC1CCCC2=C1CCCC2. The molecule has 0 heterocycles. The highest BCUT2D eigenvalue weighted by atomic mass is 14.3. The van der Waals surface area contributed by atoms with Crippen LogP contribution in [-0.2, 0) is 0 Å². The molecular formula is C17H32. The van der Waals surface area contributed by atoms with Crippen LogP contribution in [-0.4, -0.2) is 0 Å². The van der Waals surface area contributed by atoms with Crippen molar-refractivity contribution in [2.24, 2.45) is 5.92 Å². The van der Waals surface area contributed by atoms with Crippen molar-refractivity contribution in [3.63, 3.8) is 0 Å². The fourth-order valence-corrected chi connectivity index (χ4v) is 3.17. The van der Waals surface area contributed by atoms with Crippen LogP contribution in [0.5, 0.6) is 0 Å². The Bertz CT molecular complexity index is 218. The lowest BCUT2D eigenvalue weighted by atomic mass is 9.74. The maximum Gasteiger partial charge on any atom is -0.0201 e. The molecule has 0 saturated carbocycles. The number of rotatable bonds is 3. The summed E-state index contributed by atoms with van der Waals surface area (Å²) in [6.45, 7) is 6.69. The number of allylic oxidation sites excluding steroid dienone is 2. The summed E-state index contributed by atoms with van der Waals surface area (Å²) >= 11 is 0. The van der Waals surface area contributed by atoms with E-state index in [1.807, 2.05) is 11.1 Å². The minimum atomic E-state index is 0.994. The molecule has 0 aromatic heterocycles. The summed E-state index contributed by atoms with van der Waals surface area (Å²) in [5.41, 5.74) is 3.77. The third kappa shape index (κ3) is 4.85. The molecule has 2 rings (SSSR count). The molecular weight excluding hydrogens is 204 g/mol. The highest BCUT2D eigenvalue weighted by Crippen LogP contribution is 2.40. The van der Waals surface area contributed by atoms with Gasteiger partial charge in [0.05, 0.1) is 0 Å². The predicted molar refractivity (Wildman–Crippen MR) is 78.3 cm³/mol. The van der Waals surface area contributed by atoms with E-state index < -0.39 is 0 Å². The maximum absolute atomic E-state index is 2.33. The first-order valence-electron chi connectivity index (χ1n) is 8.04. The summed E-state index contributed by atoms with van der Waals surface area (Å²) in [6.07, 6.45) is 15.7. The van der Waals surface area contributed by atoms with Gasteiger partial charge in [-0.2, -0.15) is 0 Å². The lowest BCUT2D eigenvalue weighted by Crippen LogP contribution is -2.15. The average Bonchev–Trinajstić information content (AvgIpc) is 2.40. The molecule has 0 aromatic carbocycles. The van der Waals surface area contributed by atoms with Crippen LogP contribution in [0.1, 0.15) is 91.4 Å². The van der Waals surface area contributed by atoms with Crippen LogP contribution < -0.4 is 0 Å². The van der Waals surface area contributed by atoms with Crippen molar-refractivity contribution in [2.45, 2.75) is 91.4 Å². The van der Waals surface area contributed by atoms with Gasteiger partial charge >= 0.3 is 0 Å². The molecule has 0 saturated heterocycles. The molecule has 2 aliphatic rings. The molecule has 0 amide bonds. The normalized spacial score (nSPS) is 23.8. The van der Waals surface area contributed by atoms with E-state index >= 15 is 0 Å². The van der Waals surface area contributed by atoms with Crippen LogP contribution in [0.25, 0.3) is 0 Å². The van der Waals surface area contributed by atoms with Crippen molar-refractivity contribution >= 4 is 0 Å². The van der Waals surface area contributed by atoms with E-state index in [-0.39, 0.29) is 0 Å². The molecule has 0 radical (unpaired) electrons. The molecule has 0 bridgehead atoms. The maximum atomic E-state index is 2.33. The molecule has 0 aromatic rings. The van der Waals surface area contributed by atoms with Gasteiger partial charge in [-0.05, 0) is 57.3 Å². The largest absolute Gasteiger partial charge is 0.0707 e. The van der Waals surface area contributed by atoms with Gasteiger partial charge in [0.1, 0.15) is 0 Å². The van der Waals surface area contributed by atoms with Crippen molar-refractivity contribution in [1.82, 2.24) is 0 Å². The summed E-state index contributed by atoms with van der Waals surface area (Å²) in [4.78, 5) is 0. The van der Waals surface area contributed by atoms with Crippen molar-refractivity contribution in [1.29, 1.82) is 0 Å². The molecule has 1 atom stereocenters. The Morgan fingerprint density at radius 3 is 2.12 bits per heavy atom. The Kier molecular flexibility index (Phi) is 7.64. The minimum absolute atomic E-state index is 0.994. The van der Waals surface area contributed by atoms with Crippen LogP contribution in [0.15, 0.2) is 11.1 Å². The third-order valence-electron chi connectivity index (χ3n) is 4.29. The standard InChI is InChI=1S/C13H22.C4H10/c1-2-6-11-8-5-9-12-7-3-4-10-13(11)12;1-3-4-2/h11H,2-10H2,1H3;3-4H2,1-2H3. The molecule has 0 aliphatic heterocycles. The van der Waals surface area contributed by atoms with Crippen molar-refractivity contribution in [3.8, 4) is 0 Å². The molecule has 0 nitrogen and oxygen atoms in total. The van der Waals surface area contributed by atoms with Crippen LogP contribution >= 0.6 is 0 Å². The predicted octanol–water partition coefficient (Wildman–Crippen LogP) is 6.26. The Hall–Kier alpha value is -0.260. The monoisotopic (exact) mass is 236 g/mol. The molecule has 17 heavy (non-hydrogen) atoms. The van der Waals surface area contributed by atoms with Crippen LogP contribution in [0.4, 0.5) is 0 Å². The lowest BCUT2D eigenvalue weighted by molar-refractivity contribution is 0.419. The fourth-order valence-electron chi connectivity index (χ4n) is 3.17. The molecule has 0 N–H and O–H groups in total. The second-order valence-electron chi connectivity index (χ2n) is 5.71. The van der Waals surface area contributed by atoms with Gasteiger partial charge < -0.3 is 0 Å². The summed E-state index contributed by atoms with van der Waals surface area (Å²) in [5, 5.41) is 0. The Morgan fingerprint density at radius 2 is 1.47 bits per heavy atom. The number of hydrogen-bond acceptors (Lipinski definition) is 0. The summed E-state index contributed by atoms with van der Waals surface area (Å²) in [5.74, 6) is 0.994. The van der Waals surface area contributed by atoms with E-state index in [0.29, 0.717) is 0 Å². The van der Waals surface area contributed by atoms with Crippen molar-refractivity contribution in [2.75, 3.05) is 0 Å². The smallest absolute Gasteiger partial charge is 0.0201 e. The summed E-state index contributed by atoms with van der Waals surface area (Å²) < 4.78 is 0. The summed E-state index contributed by atoms with van der Waals surface area (Å²) in [7, 11) is 0. The lowest BCUT2D eigenvalue weighted by Gasteiger charge is -2.31. The van der Waals surface area contributed by atoms with Gasteiger partial charge in [0.15, 0.2) is 0 Å². The molecule has 1 unspecified atom stereocenters. The van der Waals surface area contributed by atoms with Crippen LogP contribution in [0, 0.1) is 5.92 Å². The van der Waals surface area contributed by atoms with E-state index in [4.69, 9.17) is 0 Å². The van der Waals surface area contributed by atoms with Crippen LogP contribution in [0.2, 0.25) is 0 Å². The van der Waals surface area contributed by atoms with Gasteiger partial charge in [-0.25, -0.2) is 0 Å². The zero-order valence-corrected chi connectivity index (χ0v) is 12.4. The van der Waals surface area contributed by atoms with Crippen molar-refractivity contribution < 1.29 is 0 Å². The fraction of sp³-hybridized carbons (Fsp3) is 0.882. The van der Waals surface area contributed by atoms with Crippen molar-refractivity contribution in [3.05, 3.63) is 11.1 Å². The number of hydrogen-bond donors (Lipinski definition) is 0. The van der Waals surface area contributed by atoms with E-state index in [1.165, 1.54) is 70.6 Å². The highest BCUT2D eigenvalue weighted by Gasteiger charge is 2.23. The third-order valence-corrected chi connectivity index (χ3v) is 4.29. The zero-order chi connectivity index (χ0) is 12.5. The Morgan fingerprint density at radius 1 is 0.824 bits per heavy atom. The average molecular weight is 236 g/mol. The van der Waals surface area contributed by atoms with Gasteiger partial charge in [-0.3, -0.25) is 0 Å². The van der Waals surface area contributed by atoms with Gasteiger partial charge in [-0.15, -0.1) is 0 Å². The molecule has 100 valence electrons. The molecule has 2 aliphatic carbocycles. The topological polar surface area (TPSA) is 0 Å². The number of unbranched alkanes of at least 4 members (excludes halogenated alkanes) is 1. The van der Waals surface area contributed by atoms with E-state index in [0.717, 1.165) is 5.92 Å². The van der Waals surface area contributed by atoms with Crippen LogP contribution in [0.3, 0.4) is 0 Å². The second-order valence-corrected chi connectivity index (χ2v) is 5.71. The summed E-state index contributed by atoms with van der Waals surface area (Å²) in [6, 6.07) is 0. The molecule has 0 spiro atoms. The van der Waals surface area contributed by atoms with E-state index in [2.05, 4.69) is 20.8 Å². The molecule has 0 fully saturated rings. The van der Waals surface area contributed by atoms with E-state index in [1.54, 1.807) is 0 Å². The first-order valence-corrected chi connectivity index (χ1v) is 8.04. The van der Waals surface area contributed by atoms with Gasteiger partial charge in [0.25, 0.3) is 0 Å². The minimum Gasteiger partial charge on any atom is -0.0707 e. The van der Waals surface area contributed by atoms with Gasteiger partial charge in [0.2, 0.25) is 0 Å².